The number of nitro benzene ring substituents is 1. The summed E-state index contributed by atoms with van der Waals surface area (Å²) in [6, 6.07) is 14.8. The van der Waals surface area contributed by atoms with Crippen LogP contribution in [0.15, 0.2) is 59.0 Å². The highest BCUT2D eigenvalue weighted by atomic mass is 35.5. The van der Waals surface area contributed by atoms with E-state index < -0.39 is 10.8 Å². The van der Waals surface area contributed by atoms with Gasteiger partial charge in [0.25, 0.3) is 11.6 Å². The fraction of sp³-hybridized carbons (Fsp3) is 0.0556. The van der Waals surface area contributed by atoms with Crippen molar-refractivity contribution in [3.63, 3.8) is 0 Å². The van der Waals surface area contributed by atoms with Crippen LogP contribution in [-0.4, -0.2) is 10.8 Å². The van der Waals surface area contributed by atoms with Crippen LogP contribution < -0.4 is 5.32 Å². The maximum Gasteiger partial charge on any atom is 0.291 e. The second kappa shape index (κ2) is 6.78. The molecule has 0 saturated heterocycles. The predicted molar refractivity (Wildman–Crippen MR) is 94.9 cm³/mol. The van der Waals surface area contributed by atoms with Gasteiger partial charge in [0.15, 0.2) is 5.76 Å². The molecule has 0 saturated carbocycles. The normalized spacial score (nSPS) is 10.5. The van der Waals surface area contributed by atoms with Crippen LogP contribution in [0.4, 0.5) is 11.4 Å². The smallest absolute Gasteiger partial charge is 0.291 e. The molecule has 0 aliphatic rings. The van der Waals surface area contributed by atoms with E-state index in [1.54, 1.807) is 37.3 Å². The molecular formula is C18H13ClN2O4. The fourth-order valence-corrected chi connectivity index (χ4v) is 2.64. The number of benzene rings is 2. The molecule has 1 aromatic heterocycles. The van der Waals surface area contributed by atoms with E-state index >= 15 is 0 Å². The lowest BCUT2D eigenvalue weighted by Crippen LogP contribution is -2.12. The Morgan fingerprint density at radius 3 is 2.60 bits per heavy atom. The molecule has 0 aliphatic carbocycles. The molecule has 0 radical (unpaired) electrons. The van der Waals surface area contributed by atoms with Crippen LogP contribution in [0.25, 0.3) is 11.3 Å². The summed E-state index contributed by atoms with van der Waals surface area (Å²) in [4.78, 5) is 22.9. The van der Waals surface area contributed by atoms with E-state index in [0.29, 0.717) is 27.6 Å². The summed E-state index contributed by atoms with van der Waals surface area (Å²) < 4.78 is 5.57. The van der Waals surface area contributed by atoms with Crippen LogP contribution in [0.1, 0.15) is 16.1 Å². The Bertz CT molecular complexity index is 965. The first-order valence-corrected chi connectivity index (χ1v) is 7.75. The molecule has 1 N–H and O–H groups in total. The zero-order valence-electron chi connectivity index (χ0n) is 13.2. The van der Waals surface area contributed by atoms with Gasteiger partial charge in [0.05, 0.1) is 21.2 Å². The van der Waals surface area contributed by atoms with E-state index in [1.807, 2.05) is 6.07 Å². The maximum absolute atomic E-state index is 12.4. The van der Waals surface area contributed by atoms with Crippen molar-refractivity contribution in [2.45, 2.75) is 6.92 Å². The minimum Gasteiger partial charge on any atom is -0.451 e. The molecule has 3 aromatic rings. The average molecular weight is 357 g/mol. The highest BCUT2D eigenvalue weighted by molar-refractivity contribution is 6.33. The number of amides is 1. The SMILES string of the molecule is Cc1c(NC(=O)c2ccc(-c3ccccc3Cl)o2)cccc1[N+](=O)[O-]. The number of nitrogens with one attached hydrogen (secondary N) is 1. The quantitative estimate of drug-likeness (QED) is 0.522. The molecule has 3 rings (SSSR count). The van der Waals surface area contributed by atoms with Gasteiger partial charge in [0, 0.05) is 11.6 Å². The Labute approximate surface area is 148 Å². The summed E-state index contributed by atoms with van der Waals surface area (Å²) in [7, 11) is 0. The number of rotatable bonds is 4. The lowest BCUT2D eigenvalue weighted by Gasteiger charge is -2.07. The monoisotopic (exact) mass is 356 g/mol. The van der Waals surface area contributed by atoms with Crippen LogP contribution in [0.2, 0.25) is 5.02 Å². The molecule has 6 nitrogen and oxygen atoms in total. The molecular weight excluding hydrogens is 344 g/mol. The third-order valence-corrected chi connectivity index (χ3v) is 4.05. The van der Waals surface area contributed by atoms with Crippen LogP contribution in [-0.2, 0) is 0 Å². The number of carbonyl (C=O) groups excluding carboxylic acids is 1. The van der Waals surface area contributed by atoms with Crippen LogP contribution in [0.5, 0.6) is 0 Å². The molecule has 7 heteroatoms. The molecule has 25 heavy (non-hydrogen) atoms. The third-order valence-electron chi connectivity index (χ3n) is 3.72. The predicted octanol–water partition coefficient (Wildman–Crippen LogP) is 5.07. The summed E-state index contributed by atoms with van der Waals surface area (Å²) in [5.41, 5.74) is 1.34. The van der Waals surface area contributed by atoms with Crippen molar-refractivity contribution in [2.75, 3.05) is 5.32 Å². The minimum atomic E-state index is -0.498. The van der Waals surface area contributed by atoms with Gasteiger partial charge in [0.2, 0.25) is 0 Å². The van der Waals surface area contributed by atoms with Crippen molar-refractivity contribution < 1.29 is 14.1 Å². The molecule has 0 unspecified atom stereocenters. The molecule has 0 spiro atoms. The van der Waals surface area contributed by atoms with Crippen molar-refractivity contribution in [2.24, 2.45) is 0 Å². The zero-order chi connectivity index (χ0) is 18.0. The Morgan fingerprint density at radius 1 is 1.12 bits per heavy atom. The topological polar surface area (TPSA) is 85.4 Å². The first-order valence-electron chi connectivity index (χ1n) is 7.37. The number of hydrogen-bond acceptors (Lipinski definition) is 4. The molecule has 0 aliphatic heterocycles. The van der Waals surface area contributed by atoms with E-state index in [9.17, 15) is 14.9 Å². The summed E-state index contributed by atoms with van der Waals surface area (Å²) in [6.07, 6.45) is 0. The minimum absolute atomic E-state index is 0.0611. The Morgan fingerprint density at radius 2 is 1.88 bits per heavy atom. The zero-order valence-corrected chi connectivity index (χ0v) is 13.9. The number of carbonyl (C=O) groups is 1. The van der Waals surface area contributed by atoms with E-state index in [1.165, 1.54) is 18.2 Å². The summed E-state index contributed by atoms with van der Waals surface area (Å²) in [5, 5.41) is 14.1. The number of nitro groups is 1. The first-order chi connectivity index (χ1) is 12.0. The highest BCUT2D eigenvalue weighted by Gasteiger charge is 2.18. The van der Waals surface area contributed by atoms with E-state index in [0.717, 1.165) is 0 Å². The fourth-order valence-electron chi connectivity index (χ4n) is 2.41. The van der Waals surface area contributed by atoms with Gasteiger partial charge in [-0.25, -0.2) is 0 Å². The van der Waals surface area contributed by atoms with Gasteiger partial charge in [0.1, 0.15) is 5.76 Å². The van der Waals surface area contributed by atoms with Crippen molar-refractivity contribution in [1.29, 1.82) is 0 Å². The second-order valence-electron chi connectivity index (χ2n) is 5.30. The van der Waals surface area contributed by atoms with Gasteiger partial charge in [-0.2, -0.15) is 0 Å². The van der Waals surface area contributed by atoms with Crippen LogP contribution >= 0.6 is 11.6 Å². The first kappa shape index (κ1) is 16.7. The molecule has 1 amide bonds. The van der Waals surface area contributed by atoms with Gasteiger partial charge in [-0.3, -0.25) is 14.9 Å². The van der Waals surface area contributed by atoms with Gasteiger partial charge < -0.3 is 9.73 Å². The van der Waals surface area contributed by atoms with Crippen molar-refractivity contribution in [1.82, 2.24) is 0 Å². The van der Waals surface area contributed by atoms with Gasteiger partial charge in [-0.1, -0.05) is 29.8 Å². The molecule has 0 fully saturated rings. The van der Waals surface area contributed by atoms with Crippen molar-refractivity contribution >= 4 is 28.9 Å². The third kappa shape index (κ3) is 3.39. The summed E-state index contributed by atoms with van der Waals surface area (Å²) in [5.74, 6) is 0.0502. The molecule has 0 atom stereocenters. The van der Waals surface area contributed by atoms with E-state index in [-0.39, 0.29) is 11.4 Å². The lowest BCUT2D eigenvalue weighted by molar-refractivity contribution is -0.385. The molecule has 1 heterocycles. The van der Waals surface area contributed by atoms with Crippen LogP contribution in [0.3, 0.4) is 0 Å². The highest BCUT2D eigenvalue weighted by Crippen LogP contribution is 2.30. The Hall–Kier alpha value is -3.12. The van der Waals surface area contributed by atoms with Gasteiger partial charge in [-0.05, 0) is 37.3 Å². The van der Waals surface area contributed by atoms with E-state index in [2.05, 4.69) is 5.32 Å². The number of nitrogens with zero attached hydrogens (tertiary/aromatic N) is 1. The average Bonchev–Trinajstić information content (AvgIpc) is 3.07. The molecule has 126 valence electrons. The Kier molecular flexibility index (Phi) is 4.54. The maximum atomic E-state index is 12.4. The van der Waals surface area contributed by atoms with Crippen LogP contribution in [0, 0.1) is 17.0 Å². The number of furan rings is 1. The lowest BCUT2D eigenvalue weighted by atomic mass is 10.1. The standard InChI is InChI=1S/C18H13ClN2O4/c1-11-14(7-4-8-15(11)21(23)24)20-18(22)17-10-9-16(25-17)12-5-2-3-6-13(12)19/h2-10H,1H3,(H,20,22). The largest absolute Gasteiger partial charge is 0.451 e. The number of anilines is 1. The molecule has 0 bridgehead atoms. The van der Waals surface area contributed by atoms with Gasteiger partial charge >= 0.3 is 0 Å². The summed E-state index contributed by atoms with van der Waals surface area (Å²) >= 11 is 6.12. The number of halogens is 1. The van der Waals surface area contributed by atoms with E-state index in [4.69, 9.17) is 16.0 Å². The van der Waals surface area contributed by atoms with Gasteiger partial charge in [-0.15, -0.1) is 0 Å². The number of hydrogen-bond donors (Lipinski definition) is 1. The van der Waals surface area contributed by atoms with Crippen molar-refractivity contribution in [3.05, 3.63) is 81.1 Å². The summed E-state index contributed by atoms with van der Waals surface area (Å²) in [6.45, 7) is 1.57. The second-order valence-corrected chi connectivity index (χ2v) is 5.71. The molecule has 2 aromatic carbocycles. The Balaban J connectivity index is 1.85. The van der Waals surface area contributed by atoms with Crippen molar-refractivity contribution in [3.8, 4) is 11.3 Å².